The number of hydrogen-bond donors (Lipinski definition) is 1. The van der Waals surface area contributed by atoms with E-state index < -0.39 is 0 Å². The number of fused-ring (bicyclic) bond motifs is 1. The van der Waals surface area contributed by atoms with Crippen LogP contribution in [0.4, 0.5) is 0 Å². The van der Waals surface area contributed by atoms with Crippen LogP contribution in [-0.4, -0.2) is 52.3 Å². The van der Waals surface area contributed by atoms with Crippen LogP contribution in [0.2, 0.25) is 0 Å². The van der Waals surface area contributed by atoms with Crippen LogP contribution in [0.3, 0.4) is 0 Å². The van der Waals surface area contributed by atoms with Crippen LogP contribution in [0.15, 0.2) is 12.1 Å². The van der Waals surface area contributed by atoms with Crippen molar-refractivity contribution in [2.24, 2.45) is 0 Å². The SMILES string of the molecule is CC.CC.CCOc1cc(CN2CCNCC2)cc2nnc(C)n12. The topological polar surface area (TPSA) is 54.7 Å². The van der Waals surface area contributed by atoms with Crippen LogP contribution in [0.25, 0.3) is 5.65 Å². The summed E-state index contributed by atoms with van der Waals surface area (Å²) in [4.78, 5) is 2.45. The van der Waals surface area contributed by atoms with Crippen LogP contribution in [0.5, 0.6) is 5.88 Å². The molecule has 6 nitrogen and oxygen atoms in total. The van der Waals surface area contributed by atoms with Crippen LogP contribution >= 0.6 is 0 Å². The second kappa shape index (κ2) is 11.0. The summed E-state index contributed by atoms with van der Waals surface area (Å²) in [5.74, 6) is 1.69. The zero-order valence-electron chi connectivity index (χ0n) is 16.1. The van der Waals surface area contributed by atoms with E-state index in [1.54, 1.807) is 0 Å². The van der Waals surface area contributed by atoms with Gasteiger partial charge in [-0.05, 0) is 25.5 Å². The molecule has 0 amide bonds. The molecule has 3 rings (SSSR count). The summed E-state index contributed by atoms with van der Waals surface area (Å²) in [5, 5.41) is 11.7. The molecule has 1 aliphatic heterocycles. The van der Waals surface area contributed by atoms with Crippen molar-refractivity contribution in [3.05, 3.63) is 23.5 Å². The Balaban J connectivity index is 0.000000671. The van der Waals surface area contributed by atoms with Gasteiger partial charge in [-0.25, -0.2) is 4.40 Å². The van der Waals surface area contributed by atoms with Gasteiger partial charge in [-0.3, -0.25) is 4.90 Å². The van der Waals surface area contributed by atoms with Crippen molar-refractivity contribution in [3.8, 4) is 5.88 Å². The van der Waals surface area contributed by atoms with Crippen molar-refractivity contribution >= 4 is 5.65 Å². The molecule has 0 spiro atoms. The Labute approximate surface area is 146 Å². The lowest BCUT2D eigenvalue weighted by Crippen LogP contribution is -2.42. The van der Waals surface area contributed by atoms with Gasteiger partial charge in [0, 0.05) is 38.8 Å². The Bertz CT molecular complexity index is 590. The Hall–Kier alpha value is -1.66. The third kappa shape index (κ3) is 5.18. The molecule has 24 heavy (non-hydrogen) atoms. The summed E-state index contributed by atoms with van der Waals surface area (Å²) in [5.41, 5.74) is 2.09. The van der Waals surface area contributed by atoms with Gasteiger partial charge in [-0.1, -0.05) is 27.7 Å². The smallest absolute Gasteiger partial charge is 0.201 e. The minimum atomic E-state index is 0.643. The molecule has 0 aliphatic carbocycles. The van der Waals surface area contributed by atoms with Gasteiger partial charge in [-0.15, -0.1) is 10.2 Å². The summed E-state index contributed by atoms with van der Waals surface area (Å²) in [6.07, 6.45) is 0. The number of nitrogens with one attached hydrogen (secondary N) is 1. The lowest BCUT2D eigenvalue weighted by Gasteiger charge is -2.27. The van der Waals surface area contributed by atoms with Crippen LogP contribution in [-0.2, 0) is 6.54 Å². The molecule has 6 heteroatoms. The molecule has 1 fully saturated rings. The molecule has 2 aromatic heterocycles. The average molecular weight is 335 g/mol. The maximum absolute atomic E-state index is 5.74. The predicted molar refractivity (Wildman–Crippen MR) is 99.7 cm³/mol. The number of nitrogens with zero attached hydrogens (tertiary/aromatic N) is 4. The molecule has 1 aliphatic rings. The molecular formula is C18H33N5O. The first-order valence-electron chi connectivity index (χ1n) is 9.18. The van der Waals surface area contributed by atoms with Crippen molar-refractivity contribution < 1.29 is 4.74 Å². The maximum atomic E-state index is 5.74. The van der Waals surface area contributed by atoms with Gasteiger partial charge in [0.05, 0.1) is 6.61 Å². The Morgan fingerprint density at radius 1 is 1.08 bits per heavy atom. The van der Waals surface area contributed by atoms with E-state index in [0.29, 0.717) is 6.61 Å². The van der Waals surface area contributed by atoms with E-state index >= 15 is 0 Å². The van der Waals surface area contributed by atoms with E-state index in [1.807, 2.05) is 45.9 Å². The highest BCUT2D eigenvalue weighted by Gasteiger charge is 2.14. The van der Waals surface area contributed by atoms with Crippen molar-refractivity contribution in [1.82, 2.24) is 24.8 Å². The molecule has 0 unspecified atom stereocenters. The van der Waals surface area contributed by atoms with E-state index in [1.165, 1.54) is 5.56 Å². The molecule has 0 bridgehead atoms. The lowest BCUT2D eigenvalue weighted by molar-refractivity contribution is 0.232. The fourth-order valence-corrected chi connectivity index (χ4v) is 2.65. The number of hydrogen-bond acceptors (Lipinski definition) is 5. The van der Waals surface area contributed by atoms with E-state index in [0.717, 1.165) is 50.1 Å². The standard InChI is InChI=1S/C14H21N5O.2C2H6/c1-3-20-14-9-12(10-18-6-4-15-5-7-18)8-13-17-16-11(2)19(13)14;2*1-2/h8-9,15H,3-7,10H2,1-2H3;2*1-2H3. The summed E-state index contributed by atoms with van der Waals surface area (Å²) < 4.78 is 7.70. The summed E-state index contributed by atoms with van der Waals surface area (Å²) >= 11 is 0. The number of rotatable bonds is 4. The van der Waals surface area contributed by atoms with E-state index in [-0.39, 0.29) is 0 Å². The Morgan fingerprint density at radius 2 is 1.75 bits per heavy atom. The first-order chi connectivity index (χ1) is 11.8. The van der Waals surface area contributed by atoms with Gasteiger partial charge in [0.1, 0.15) is 5.82 Å². The summed E-state index contributed by atoms with van der Waals surface area (Å²) in [6, 6.07) is 4.21. The molecule has 0 atom stereocenters. The Kier molecular flexibility index (Phi) is 9.34. The van der Waals surface area contributed by atoms with Crippen molar-refractivity contribution in [2.75, 3.05) is 32.8 Å². The highest BCUT2D eigenvalue weighted by Crippen LogP contribution is 2.20. The average Bonchev–Trinajstić information content (AvgIpc) is 3.01. The fraction of sp³-hybridized carbons (Fsp3) is 0.667. The van der Waals surface area contributed by atoms with Gasteiger partial charge >= 0.3 is 0 Å². The fourth-order valence-electron chi connectivity index (χ4n) is 2.65. The molecule has 3 heterocycles. The molecule has 1 N–H and O–H groups in total. The lowest BCUT2D eigenvalue weighted by atomic mass is 10.2. The van der Waals surface area contributed by atoms with Gasteiger partial charge in [0.15, 0.2) is 5.65 Å². The van der Waals surface area contributed by atoms with Crippen molar-refractivity contribution in [1.29, 1.82) is 0 Å². The maximum Gasteiger partial charge on any atom is 0.201 e. The number of ether oxygens (including phenoxy) is 1. The number of piperazine rings is 1. The Morgan fingerprint density at radius 3 is 2.38 bits per heavy atom. The van der Waals surface area contributed by atoms with Crippen LogP contribution < -0.4 is 10.1 Å². The third-order valence-electron chi connectivity index (χ3n) is 3.60. The second-order valence-electron chi connectivity index (χ2n) is 5.10. The first kappa shape index (κ1) is 20.4. The zero-order chi connectivity index (χ0) is 17.9. The summed E-state index contributed by atoms with van der Waals surface area (Å²) in [7, 11) is 0. The van der Waals surface area contributed by atoms with Gasteiger partial charge in [0.2, 0.25) is 5.88 Å². The van der Waals surface area contributed by atoms with E-state index in [4.69, 9.17) is 4.74 Å². The highest BCUT2D eigenvalue weighted by atomic mass is 16.5. The van der Waals surface area contributed by atoms with Crippen molar-refractivity contribution in [3.63, 3.8) is 0 Å². The largest absolute Gasteiger partial charge is 0.479 e. The zero-order valence-corrected chi connectivity index (χ0v) is 16.1. The second-order valence-corrected chi connectivity index (χ2v) is 5.10. The molecule has 0 saturated carbocycles. The molecule has 0 radical (unpaired) electrons. The third-order valence-corrected chi connectivity index (χ3v) is 3.60. The normalized spacial score (nSPS) is 14.4. The van der Waals surface area contributed by atoms with Crippen LogP contribution in [0, 0.1) is 6.92 Å². The minimum absolute atomic E-state index is 0.643. The minimum Gasteiger partial charge on any atom is -0.479 e. The molecular weight excluding hydrogens is 302 g/mol. The van der Waals surface area contributed by atoms with E-state index in [2.05, 4.69) is 32.5 Å². The van der Waals surface area contributed by atoms with E-state index in [9.17, 15) is 0 Å². The van der Waals surface area contributed by atoms with Gasteiger partial charge in [-0.2, -0.15) is 0 Å². The van der Waals surface area contributed by atoms with Crippen LogP contribution in [0.1, 0.15) is 46.0 Å². The number of aromatic nitrogens is 3. The predicted octanol–water partition coefficient (Wildman–Crippen LogP) is 2.89. The van der Waals surface area contributed by atoms with Gasteiger partial charge < -0.3 is 10.1 Å². The highest BCUT2D eigenvalue weighted by molar-refractivity contribution is 5.46. The molecule has 2 aromatic rings. The number of aryl methyl sites for hydroxylation is 1. The monoisotopic (exact) mass is 335 g/mol. The quantitative estimate of drug-likeness (QED) is 0.931. The number of pyridine rings is 1. The van der Waals surface area contributed by atoms with Gasteiger partial charge in [0.25, 0.3) is 0 Å². The summed E-state index contributed by atoms with van der Waals surface area (Å²) in [6.45, 7) is 17.8. The first-order valence-corrected chi connectivity index (χ1v) is 9.18. The molecule has 1 saturated heterocycles. The molecule has 136 valence electrons. The molecule has 0 aromatic carbocycles. The van der Waals surface area contributed by atoms with Crippen molar-refractivity contribution in [2.45, 2.75) is 48.1 Å².